The largest absolute Gasteiger partial charge is 0.418 e. The summed E-state index contributed by atoms with van der Waals surface area (Å²) in [6.07, 6.45) is -4.48. The van der Waals surface area contributed by atoms with Gasteiger partial charge in [-0.2, -0.15) is 21.9 Å². The van der Waals surface area contributed by atoms with E-state index in [4.69, 9.17) is 0 Å². The molecule has 0 bridgehead atoms. The molecule has 176 valence electrons. The second-order valence-electron chi connectivity index (χ2n) is 7.48. The topological polar surface area (TPSA) is 62.3 Å². The van der Waals surface area contributed by atoms with E-state index in [1.165, 1.54) is 11.5 Å². The van der Waals surface area contributed by atoms with E-state index in [1.807, 2.05) is 24.3 Å². The van der Waals surface area contributed by atoms with Crippen molar-refractivity contribution in [3.63, 3.8) is 0 Å². The summed E-state index contributed by atoms with van der Waals surface area (Å²) in [5.41, 5.74) is -0.589. The first-order valence-electron chi connectivity index (χ1n) is 10.4. The normalized spacial score (nSPS) is 12.1. The Morgan fingerprint density at radius 2 is 1.76 bits per heavy atom. The van der Waals surface area contributed by atoms with Crippen molar-refractivity contribution >= 4 is 37.5 Å². The summed E-state index contributed by atoms with van der Waals surface area (Å²) in [4.78, 5) is -0.920. The maximum Gasteiger partial charge on any atom is 0.418 e. The highest BCUT2D eigenvalue weighted by Gasteiger charge is 2.39. The molecule has 34 heavy (non-hydrogen) atoms. The zero-order valence-corrected chi connectivity index (χ0v) is 19.5. The third-order valence-corrected chi connectivity index (χ3v) is 7.78. The Hall–Kier alpha value is -3.13. The van der Waals surface area contributed by atoms with Gasteiger partial charge in [-0.3, -0.25) is 0 Å². The van der Waals surface area contributed by atoms with Gasteiger partial charge in [0.05, 0.1) is 10.3 Å². The summed E-state index contributed by atoms with van der Waals surface area (Å²) in [6.45, 7) is 0.334. The predicted molar refractivity (Wildman–Crippen MR) is 126 cm³/mol. The fourth-order valence-corrected chi connectivity index (χ4v) is 5.83. The molecule has 5 nitrogen and oxygen atoms in total. The van der Waals surface area contributed by atoms with Crippen LogP contribution in [0.1, 0.15) is 17.5 Å². The summed E-state index contributed by atoms with van der Waals surface area (Å²) in [5, 5.41) is 4.16. The van der Waals surface area contributed by atoms with Crippen molar-refractivity contribution in [3.05, 3.63) is 90.0 Å². The fourth-order valence-electron chi connectivity index (χ4n) is 3.48. The summed E-state index contributed by atoms with van der Waals surface area (Å²) in [6, 6.07) is 22.7. The Labute approximate surface area is 200 Å². The number of sulfonamides is 1. The predicted octanol–water partition coefficient (Wildman–Crippen LogP) is 5.61. The molecule has 0 fully saturated rings. The lowest BCUT2D eigenvalue weighted by Gasteiger charge is -2.23. The average Bonchev–Trinajstić information content (AvgIpc) is 3.24. The maximum atomic E-state index is 13.5. The first kappa shape index (κ1) is 24.0. The number of fused-ring (bicyclic) bond motifs is 1. The van der Waals surface area contributed by atoms with Crippen LogP contribution in [-0.4, -0.2) is 30.2 Å². The smallest absolute Gasteiger partial charge is 0.369 e. The Morgan fingerprint density at radius 1 is 1.03 bits per heavy atom. The molecule has 0 saturated heterocycles. The van der Waals surface area contributed by atoms with Gasteiger partial charge in [-0.05, 0) is 53.8 Å². The van der Waals surface area contributed by atoms with Gasteiger partial charge in [-0.15, -0.1) is 0 Å². The SMILES string of the molecule is O=S(=O)(c1c#cccc1C(F)(F)F)N(CCCNc1nsc2ccccc12)Cc1ccccc1. The molecule has 0 radical (unpaired) electrons. The number of rotatable bonds is 9. The number of anilines is 1. The molecule has 4 aromatic rings. The lowest BCUT2D eigenvalue weighted by Crippen LogP contribution is -2.33. The van der Waals surface area contributed by atoms with Crippen LogP contribution in [0.3, 0.4) is 0 Å². The molecule has 1 N–H and O–H groups in total. The molecular formula is C24H20F3N3O2S2. The van der Waals surface area contributed by atoms with Gasteiger partial charge < -0.3 is 5.32 Å². The highest BCUT2D eigenvalue weighted by Crippen LogP contribution is 2.34. The zero-order chi connectivity index (χ0) is 24.2. The molecule has 0 amide bonds. The van der Waals surface area contributed by atoms with E-state index in [0.717, 1.165) is 20.5 Å². The molecule has 0 spiro atoms. The number of hydrogen-bond acceptors (Lipinski definition) is 5. The minimum absolute atomic E-state index is 0.00628. The summed E-state index contributed by atoms with van der Waals surface area (Å²) < 4.78 is 73.7. The first-order valence-corrected chi connectivity index (χ1v) is 12.6. The number of hydrogen-bond donors (Lipinski definition) is 1. The second kappa shape index (κ2) is 10.0. The third kappa shape index (κ3) is 5.33. The molecule has 0 unspecified atom stereocenters. The van der Waals surface area contributed by atoms with Gasteiger partial charge in [0.2, 0.25) is 0 Å². The summed E-state index contributed by atoms with van der Waals surface area (Å²) >= 11 is 1.35. The van der Waals surface area contributed by atoms with Gasteiger partial charge in [0.1, 0.15) is 10.7 Å². The van der Waals surface area contributed by atoms with Crippen LogP contribution in [0.25, 0.3) is 10.1 Å². The summed E-state index contributed by atoms with van der Waals surface area (Å²) in [5.74, 6) is 0.698. The highest BCUT2D eigenvalue weighted by atomic mass is 32.2. The Bertz CT molecular complexity index is 1360. The number of nitrogens with one attached hydrogen (secondary N) is 1. The van der Waals surface area contributed by atoms with Gasteiger partial charge in [0.15, 0.2) is 0 Å². The number of aromatic nitrogens is 1. The van der Waals surface area contributed by atoms with Crippen LogP contribution in [0.5, 0.6) is 0 Å². The van der Waals surface area contributed by atoms with E-state index in [2.05, 4.69) is 21.8 Å². The standard InChI is InChI=1S/C24H20F3N3O2S2/c25-24(26,27)20-12-5-7-14-22(20)34(31,32)30(17-18-9-2-1-3-10-18)16-8-15-28-23-19-11-4-6-13-21(19)33-29-23/h1-6,9-13H,8,15-17H2,(H,28,29). The van der Waals surface area contributed by atoms with E-state index in [1.54, 1.807) is 30.3 Å². The van der Waals surface area contributed by atoms with E-state index >= 15 is 0 Å². The van der Waals surface area contributed by atoms with Crippen molar-refractivity contribution in [1.29, 1.82) is 0 Å². The maximum absolute atomic E-state index is 13.5. The van der Waals surface area contributed by atoms with E-state index in [-0.39, 0.29) is 13.1 Å². The highest BCUT2D eigenvalue weighted by molar-refractivity contribution is 7.89. The van der Waals surface area contributed by atoms with Crippen LogP contribution < -0.4 is 5.32 Å². The van der Waals surface area contributed by atoms with E-state index in [9.17, 15) is 21.6 Å². The van der Waals surface area contributed by atoms with Crippen LogP contribution in [0.4, 0.5) is 19.0 Å². The minimum Gasteiger partial charge on any atom is -0.369 e. The molecule has 0 aliphatic heterocycles. The fraction of sp³-hybridized carbons (Fsp3) is 0.208. The number of alkyl halides is 3. The van der Waals surface area contributed by atoms with Crippen LogP contribution in [0, 0.1) is 12.1 Å². The molecule has 10 heteroatoms. The van der Waals surface area contributed by atoms with Crippen LogP contribution in [-0.2, 0) is 22.7 Å². The Morgan fingerprint density at radius 3 is 2.53 bits per heavy atom. The first-order chi connectivity index (χ1) is 16.3. The molecular weight excluding hydrogens is 483 g/mol. The molecule has 0 aliphatic rings. The van der Waals surface area contributed by atoms with Crippen molar-refractivity contribution in [2.45, 2.75) is 24.0 Å². The van der Waals surface area contributed by atoms with Crippen molar-refractivity contribution < 1.29 is 21.6 Å². The van der Waals surface area contributed by atoms with Crippen LogP contribution in [0.15, 0.2) is 71.6 Å². The van der Waals surface area contributed by atoms with Crippen molar-refractivity contribution in [2.75, 3.05) is 18.4 Å². The minimum atomic E-state index is -4.83. The van der Waals surface area contributed by atoms with Gasteiger partial charge in [0, 0.05) is 25.0 Å². The third-order valence-electron chi connectivity index (χ3n) is 5.12. The van der Waals surface area contributed by atoms with Gasteiger partial charge in [-0.1, -0.05) is 48.5 Å². The monoisotopic (exact) mass is 503 g/mol. The Kier molecular flexibility index (Phi) is 7.07. The zero-order valence-electron chi connectivity index (χ0n) is 17.8. The lowest BCUT2D eigenvalue weighted by atomic mass is 10.2. The average molecular weight is 504 g/mol. The van der Waals surface area contributed by atoms with Crippen LogP contribution >= 0.6 is 11.5 Å². The number of benzene rings is 2. The van der Waals surface area contributed by atoms with Crippen molar-refractivity contribution in [1.82, 2.24) is 8.68 Å². The van der Waals surface area contributed by atoms with Gasteiger partial charge >= 0.3 is 6.18 Å². The molecule has 0 atom stereocenters. The quantitative estimate of drug-likeness (QED) is 0.302. The molecule has 1 heterocycles. The van der Waals surface area contributed by atoms with Crippen molar-refractivity contribution in [3.8, 4) is 0 Å². The molecule has 0 aliphatic carbocycles. The molecule has 1 aromatic heterocycles. The summed E-state index contributed by atoms with van der Waals surface area (Å²) in [7, 11) is -4.50. The number of halogens is 3. The van der Waals surface area contributed by atoms with Gasteiger partial charge in [-0.25, -0.2) is 8.42 Å². The molecule has 3 aromatic carbocycles. The van der Waals surface area contributed by atoms with E-state index in [0.29, 0.717) is 30.4 Å². The Balaban J connectivity index is 1.55. The molecule has 4 rings (SSSR count). The van der Waals surface area contributed by atoms with E-state index < -0.39 is 26.7 Å². The van der Waals surface area contributed by atoms with Crippen LogP contribution in [0.2, 0.25) is 0 Å². The number of nitrogens with zero attached hydrogens (tertiary/aromatic N) is 2. The van der Waals surface area contributed by atoms with Crippen molar-refractivity contribution in [2.24, 2.45) is 0 Å². The lowest BCUT2D eigenvalue weighted by molar-refractivity contribution is -0.139. The molecule has 0 saturated carbocycles. The second-order valence-corrected chi connectivity index (χ2v) is 10.2. The van der Waals surface area contributed by atoms with Gasteiger partial charge in [0.25, 0.3) is 10.0 Å².